The van der Waals surface area contributed by atoms with Gasteiger partial charge >= 0.3 is 0 Å². The Balaban J connectivity index is 0.000000941. The number of anilines is 3. The molecule has 0 spiro atoms. The summed E-state index contributed by atoms with van der Waals surface area (Å²) in [6.07, 6.45) is 2.16. The van der Waals surface area contributed by atoms with E-state index < -0.39 is 0 Å². The van der Waals surface area contributed by atoms with Crippen molar-refractivity contribution < 1.29 is 14.7 Å². The summed E-state index contributed by atoms with van der Waals surface area (Å²) < 4.78 is 1.45. The molecule has 0 aliphatic rings. The normalized spacial score (nSPS) is 10.1. The highest BCUT2D eigenvalue weighted by Gasteiger charge is 2.15. The van der Waals surface area contributed by atoms with Gasteiger partial charge in [-0.1, -0.05) is 17.4 Å². The fourth-order valence-corrected chi connectivity index (χ4v) is 3.12. The van der Waals surface area contributed by atoms with Gasteiger partial charge < -0.3 is 21.1 Å². The number of benzene rings is 1. The lowest BCUT2D eigenvalue weighted by Crippen LogP contribution is -2.12. The summed E-state index contributed by atoms with van der Waals surface area (Å²) in [4.78, 5) is 27.9. The van der Waals surface area contributed by atoms with Crippen LogP contribution in [0.3, 0.4) is 0 Å². The van der Waals surface area contributed by atoms with Crippen molar-refractivity contribution in [2.45, 2.75) is 13.8 Å². The van der Waals surface area contributed by atoms with Crippen LogP contribution in [0.1, 0.15) is 31.3 Å². The molecule has 0 bridgehead atoms. The number of rotatable bonds is 5. The number of carbonyl (C=O) groups is 2. The predicted molar refractivity (Wildman–Crippen MR) is 115 cm³/mol. The number of phenolic OH excluding ortho intramolecular Hbond substituents is 1. The van der Waals surface area contributed by atoms with Gasteiger partial charge in [0.1, 0.15) is 16.3 Å². The molecule has 10 heteroatoms. The third kappa shape index (κ3) is 5.39. The second kappa shape index (κ2) is 9.80. The van der Waals surface area contributed by atoms with E-state index in [2.05, 4.69) is 26.0 Å². The standard InChI is InChI=1S/C17H17N5O3S.C2H7N/c1-9-4-5-12(24)10(2)15(9)20-16(25)13-7-18-17(26-13)19-14-6-11(8-23)22(3)21-14;1-3-2/h4-8,24H,1-3H3,(H,20,25)(H,18,19,21);3H,1-2H3. The molecule has 0 aliphatic carbocycles. The molecule has 0 radical (unpaired) electrons. The van der Waals surface area contributed by atoms with Gasteiger partial charge in [-0.05, 0) is 39.6 Å². The van der Waals surface area contributed by atoms with Gasteiger partial charge in [0.05, 0.1) is 11.9 Å². The van der Waals surface area contributed by atoms with Gasteiger partial charge in [-0.25, -0.2) is 4.98 Å². The highest BCUT2D eigenvalue weighted by Crippen LogP contribution is 2.29. The van der Waals surface area contributed by atoms with E-state index in [0.717, 1.165) is 16.9 Å². The Bertz CT molecular complexity index is 1010. The number of nitrogens with one attached hydrogen (secondary N) is 3. The van der Waals surface area contributed by atoms with Crippen LogP contribution in [0, 0.1) is 13.8 Å². The average molecular weight is 417 g/mol. The molecule has 0 aliphatic heterocycles. The topological polar surface area (TPSA) is 121 Å². The van der Waals surface area contributed by atoms with E-state index in [1.54, 1.807) is 32.2 Å². The fourth-order valence-electron chi connectivity index (χ4n) is 2.40. The van der Waals surface area contributed by atoms with Crippen LogP contribution in [-0.4, -0.2) is 46.2 Å². The molecular weight excluding hydrogens is 392 g/mol. The predicted octanol–water partition coefficient (Wildman–Crippen LogP) is 2.84. The molecule has 0 fully saturated rings. The summed E-state index contributed by atoms with van der Waals surface area (Å²) in [5.41, 5.74) is 2.47. The maximum Gasteiger partial charge on any atom is 0.267 e. The number of carbonyl (C=O) groups excluding carboxylic acids is 2. The van der Waals surface area contributed by atoms with E-state index in [1.165, 1.54) is 10.9 Å². The zero-order chi connectivity index (χ0) is 21.6. The number of amides is 1. The Hall–Kier alpha value is -3.24. The van der Waals surface area contributed by atoms with Gasteiger partial charge in [-0.15, -0.1) is 0 Å². The average Bonchev–Trinajstić information content (AvgIpc) is 3.29. The van der Waals surface area contributed by atoms with E-state index in [0.29, 0.717) is 39.1 Å². The van der Waals surface area contributed by atoms with Gasteiger partial charge in [0.2, 0.25) is 0 Å². The van der Waals surface area contributed by atoms with E-state index in [-0.39, 0.29) is 11.7 Å². The summed E-state index contributed by atoms with van der Waals surface area (Å²) in [5.74, 6) is 0.274. The summed E-state index contributed by atoms with van der Waals surface area (Å²) in [7, 11) is 5.41. The molecule has 3 rings (SSSR count). The van der Waals surface area contributed by atoms with Gasteiger partial charge in [-0.2, -0.15) is 5.10 Å². The van der Waals surface area contributed by atoms with Crippen LogP contribution in [0.4, 0.5) is 16.6 Å². The number of aldehydes is 1. The minimum absolute atomic E-state index is 0.124. The first kappa shape index (κ1) is 22.1. The number of thiazole rings is 1. The van der Waals surface area contributed by atoms with Gasteiger partial charge in [0.25, 0.3) is 5.91 Å². The minimum atomic E-state index is -0.318. The van der Waals surface area contributed by atoms with Crippen molar-refractivity contribution in [1.29, 1.82) is 0 Å². The summed E-state index contributed by atoms with van der Waals surface area (Å²) in [6.45, 7) is 3.59. The zero-order valence-corrected chi connectivity index (χ0v) is 17.7. The van der Waals surface area contributed by atoms with E-state index in [4.69, 9.17) is 0 Å². The van der Waals surface area contributed by atoms with E-state index in [9.17, 15) is 14.7 Å². The molecule has 0 atom stereocenters. The van der Waals surface area contributed by atoms with Crippen molar-refractivity contribution >= 4 is 40.2 Å². The fraction of sp³-hybridized carbons (Fsp3) is 0.263. The molecule has 1 aromatic carbocycles. The molecule has 2 heterocycles. The van der Waals surface area contributed by atoms with Crippen molar-refractivity contribution in [2.75, 3.05) is 24.7 Å². The largest absolute Gasteiger partial charge is 0.508 e. The molecule has 3 aromatic rings. The molecule has 0 saturated carbocycles. The molecule has 0 saturated heterocycles. The third-order valence-corrected chi connectivity index (χ3v) is 4.80. The smallest absolute Gasteiger partial charge is 0.267 e. The third-order valence-electron chi connectivity index (χ3n) is 3.88. The molecular formula is C19H24N6O3S. The maximum atomic E-state index is 12.5. The SMILES string of the molecule is CNC.Cc1ccc(O)c(C)c1NC(=O)c1cnc(Nc2cc(C=O)n(C)n2)s1. The number of phenols is 1. The van der Waals surface area contributed by atoms with Crippen LogP contribution in [0.25, 0.3) is 0 Å². The number of aromatic nitrogens is 3. The second-order valence-electron chi connectivity index (χ2n) is 6.21. The number of hydrogen-bond donors (Lipinski definition) is 4. The van der Waals surface area contributed by atoms with Crippen molar-refractivity contribution in [3.05, 3.63) is 46.1 Å². The summed E-state index contributed by atoms with van der Waals surface area (Å²) in [6, 6.07) is 4.92. The quantitative estimate of drug-likeness (QED) is 0.472. The zero-order valence-electron chi connectivity index (χ0n) is 16.9. The number of aromatic hydroxyl groups is 1. The van der Waals surface area contributed by atoms with E-state index >= 15 is 0 Å². The second-order valence-corrected chi connectivity index (χ2v) is 7.24. The van der Waals surface area contributed by atoms with Crippen LogP contribution >= 0.6 is 11.3 Å². The van der Waals surface area contributed by atoms with Gasteiger partial charge in [-0.3, -0.25) is 14.3 Å². The summed E-state index contributed by atoms with van der Waals surface area (Å²) in [5, 5.41) is 23.0. The van der Waals surface area contributed by atoms with Crippen LogP contribution in [0.15, 0.2) is 24.4 Å². The van der Waals surface area contributed by atoms with Gasteiger partial charge in [0, 0.05) is 18.7 Å². The lowest BCUT2D eigenvalue weighted by Gasteiger charge is -2.11. The number of hydrogen-bond acceptors (Lipinski definition) is 8. The first-order valence-electron chi connectivity index (χ1n) is 8.71. The lowest BCUT2D eigenvalue weighted by molar-refractivity contribution is 0.102. The summed E-state index contributed by atoms with van der Waals surface area (Å²) >= 11 is 1.16. The Morgan fingerprint density at radius 2 is 1.97 bits per heavy atom. The van der Waals surface area contributed by atoms with Gasteiger partial charge in [0.15, 0.2) is 17.2 Å². The highest BCUT2D eigenvalue weighted by molar-refractivity contribution is 7.17. The number of nitrogens with zero attached hydrogens (tertiary/aromatic N) is 3. The maximum absolute atomic E-state index is 12.5. The van der Waals surface area contributed by atoms with Crippen LogP contribution in [-0.2, 0) is 7.05 Å². The Morgan fingerprint density at radius 3 is 2.59 bits per heavy atom. The molecule has 29 heavy (non-hydrogen) atoms. The Labute approximate surface area is 172 Å². The first-order chi connectivity index (χ1) is 13.8. The molecule has 154 valence electrons. The van der Waals surface area contributed by atoms with Crippen molar-refractivity contribution in [2.24, 2.45) is 7.05 Å². The van der Waals surface area contributed by atoms with Crippen LogP contribution in [0.5, 0.6) is 5.75 Å². The van der Waals surface area contributed by atoms with E-state index in [1.807, 2.05) is 21.0 Å². The molecule has 1 amide bonds. The van der Waals surface area contributed by atoms with Crippen molar-refractivity contribution in [3.8, 4) is 5.75 Å². The Morgan fingerprint density at radius 1 is 1.28 bits per heavy atom. The molecule has 9 nitrogen and oxygen atoms in total. The van der Waals surface area contributed by atoms with Crippen molar-refractivity contribution in [3.63, 3.8) is 0 Å². The van der Waals surface area contributed by atoms with Crippen LogP contribution in [0.2, 0.25) is 0 Å². The number of aryl methyl sites for hydroxylation is 2. The Kier molecular flexibility index (Phi) is 7.46. The molecule has 4 N–H and O–H groups in total. The molecule has 2 aromatic heterocycles. The van der Waals surface area contributed by atoms with Crippen molar-refractivity contribution in [1.82, 2.24) is 20.1 Å². The first-order valence-corrected chi connectivity index (χ1v) is 9.53. The monoisotopic (exact) mass is 416 g/mol. The highest BCUT2D eigenvalue weighted by atomic mass is 32.1. The minimum Gasteiger partial charge on any atom is -0.508 e. The lowest BCUT2D eigenvalue weighted by atomic mass is 10.1. The van der Waals surface area contributed by atoms with Crippen LogP contribution < -0.4 is 16.0 Å². The molecule has 0 unspecified atom stereocenters.